The van der Waals surface area contributed by atoms with Crippen molar-refractivity contribution in [2.24, 2.45) is 4.99 Å². The molecule has 0 radical (unpaired) electrons. The van der Waals surface area contributed by atoms with E-state index in [4.69, 9.17) is 9.47 Å². The second kappa shape index (κ2) is 10.9. The van der Waals surface area contributed by atoms with Crippen molar-refractivity contribution < 1.29 is 14.3 Å². The highest BCUT2D eigenvalue weighted by molar-refractivity contribution is 9.11. The number of ether oxygens (including phenoxy) is 2. The van der Waals surface area contributed by atoms with E-state index >= 15 is 0 Å². The molecule has 0 unspecified atom stereocenters. The third kappa shape index (κ3) is 5.69. The van der Waals surface area contributed by atoms with Crippen LogP contribution in [0.3, 0.4) is 0 Å². The van der Waals surface area contributed by atoms with Crippen LogP contribution in [0.4, 0.5) is 0 Å². The predicted octanol–water partition coefficient (Wildman–Crippen LogP) is 8.56. The highest BCUT2D eigenvalue weighted by Gasteiger charge is 2.24. The topological polar surface area (TPSA) is 47.9 Å². The summed E-state index contributed by atoms with van der Waals surface area (Å²) >= 11 is 10.6. The van der Waals surface area contributed by atoms with Gasteiger partial charge in [-0.1, -0.05) is 70.5 Å². The lowest BCUT2D eigenvalue weighted by Gasteiger charge is -2.12. The van der Waals surface area contributed by atoms with E-state index in [0.29, 0.717) is 12.4 Å². The average molecular weight is 668 g/mol. The first kappa shape index (κ1) is 24.7. The van der Waals surface area contributed by atoms with Crippen molar-refractivity contribution in [2.45, 2.75) is 6.61 Å². The Kier molecular flexibility index (Phi) is 7.51. The molecule has 4 aromatic carbocycles. The number of hydrogen-bond donors (Lipinski definition) is 0. The average Bonchev–Trinajstić information content (AvgIpc) is 3.24. The number of carbonyl (C=O) groups excluding carboxylic acids is 1. The number of esters is 1. The van der Waals surface area contributed by atoms with Gasteiger partial charge in [0.05, 0.1) is 8.95 Å². The van der Waals surface area contributed by atoms with Crippen molar-refractivity contribution in [1.29, 1.82) is 0 Å². The van der Waals surface area contributed by atoms with E-state index in [2.05, 4.69) is 64.9 Å². The summed E-state index contributed by atoms with van der Waals surface area (Å²) < 4.78 is 14.0. The van der Waals surface area contributed by atoms with Gasteiger partial charge in [0.2, 0.25) is 5.90 Å². The van der Waals surface area contributed by atoms with E-state index in [-0.39, 0.29) is 11.6 Å². The maximum absolute atomic E-state index is 12.5. The monoisotopic (exact) mass is 665 g/mol. The molecule has 0 N–H and O–H groups in total. The van der Waals surface area contributed by atoms with E-state index in [1.54, 1.807) is 6.08 Å². The zero-order valence-corrected chi connectivity index (χ0v) is 23.5. The highest BCUT2D eigenvalue weighted by Crippen LogP contribution is 2.36. The zero-order chi connectivity index (χ0) is 25.1. The molecule has 0 spiro atoms. The Morgan fingerprint density at radius 1 is 0.778 bits per heavy atom. The fourth-order valence-corrected chi connectivity index (χ4v) is 5.61. The summed E-state index contributed by atoms with van der Waals surface area (Å²) in [5.74, 6) is 0.478. The third-order valence-corrected chi connectivity index (χ3v) is 7.13. The van der Waals surface area contributed by atoms with Crippen LogP contribution >= 0.6 is 47.8 Å². The summed E-state index contributed by atoms with van der Waals surface area (Å²) in [7, 11) is 0. The summed E-state index contributed by atoms with van der Waals surface area (Å²) in [6.45, 7) is 0.417. The van der Waals surface area contributed by atoms with Crippen molar-refractivity contribution in [3.05, 3.63) is 127 Å². The lowest BCUT2D eigenvalue weighted by atomic mass is 10.0. The number of rotatable bonds is 6. The van der Waals surface area contributed by atoms with Gasteiger partial charge in [-0.25, -0.2) is 9.79 Å². The van der Waals surface area contributed by atoms with Gasteiger partial charge in [0.25, 0.3) is 0 Å². The number of cyclic esters (lactones) is 1. The van der Waals surface area contributed by atoms with Crippen molar-refractivity contribution in [3.63, 3.8) is 0 Å². The van der Waals surface area contributed by atoms with Gasteiger partial charge in [0.1, 0.15) is 12.4 Å². The molecule has 4 nitrogen and oxygen atoms in total. The van der Waals surface area contributed by atoms with Gasteiger partial charge in [0, 0.05) is 10.0 Å². The zero-order valence-electron chi connectivity index (χ0n) is 18.8. The molecule has 178 valence electrons. The second-order valence-electron chi connectivity index (χ2n) is 8.01. The van der Waals surface area contributed by atoms with Crippen LogP contribution in [-0.2, 0) is 16.1 Å². The molecule has 0 saturated heterocycles. The molecule has 0 atom stereocenters. The molecule has 5 rings (SSSR count). The molecule has 0 bridgehead atoms. The van der Waals surface area contributed by atoms with Crippen LogP contribution in [0.1, 0.15) is 16.7 Å². The van der Waals surface area contributed by atoms with Crippen molar-refractivity contribution >= 4 is 65.7 Å². The first-order valence-corrected chi connectivity index (χ1v) is 13.4. The molecule has 0 amide bonds. The van der Waals surface area contributed by atoms with Crippen molar-refractivity contribution in [2.75, 3.05) is 0 Å². The van der Waals surface area contributed by atoms with Gasteiger partial charge in [0.15, 0.2) is 5.70 Å². The molecule has 1 aliphatic heterocycles. The molecule has 4 aromatic rings. The predicted molar refractivity (Wildman–Crippen MR) is 153 cm³/mol. The Morgan fingerprint density at radius 2 is 1.44 bits per heavy atom. The summed E-state index contributed by atoms with van der Waals surface area (Å²) in [6, 6.07) is 29.6. The van der Waals surface area contributed by atoms with Crippen LogP contribution in [0.25, 0.3) is 17.2 Å². The van der Waals surface area contributed by atoms with Gasteiger partial charge in [-0.05, 0) is 96.6 Å². The van der Waals surface area contributed by atoms with Crippen molar-refractivity contribution in [3.8, 4) is 16.9 Å². The van der Waals surface area contributed by atoms with Gasteiger partial charge < -0.3 is 9.47 Å². The molecule has 1 heterocycles. The number of nitrogens with zero attached hydrogens (tertiary/aromatic N) is 1. The van der Waals surface area contributed by atoms with Gasteiger partial charge in [-0.2, -0.15) is 0 Å². The molecule has 1 aliphatic rings. The standard InChI is InChI=1S/C29H18Br3NO3/c30-23-8-4-5-18(13-23)17-35-27-24(31)14-19(15-25(27)32)16-26-29(34)36-28(33-26)22-11-9-21(10-12-22)20-6-2-1-3-7-20/h1-16H,17H2/b26-16-. The van der Waals surface area contributed by atoms with Crippen LogP contribution in [0.5, 0.6) is 5.75 Å². The quantitative estimate of drug-likeness (QED) is 0.153. The lowest BCUT2D eigenvalue weighted by molar-refractivity contribution is -0.129. The van der Waals surface area contributed by atoms with Crippen LogP contribution in [0.2, 0.25) is 0 Å². The Labute approximate surface area is 234 Å². The Balaban J connectivity index is 1.34. The van der Waals surface area contributed by atoms with Crippen molar-refractivity contribution in [1.82, 2.24) is 0 Å². The van der Waals surface area contributed by atoms with E-state index in [1.165, 1.54) is 0 Å². The molecule has 0 saturated carbocycles. The van der Waals surface area contributed by atoms with Crippen LogP contribution in [0, 0.1) is 0 Å². The van der Waals surface area contributed by atoms with E-state index in [9.17, 15) is 4.79 Å². The smallest absolute Gasteiger partial charge is 0.363 e. The third-order valence-electron chi connectivity index (χ3n) is 5.46. The van der Waals surface area contributed by atoms with Gasteiger partial charge >= 0.3 is 5.97 Å². The minimum atomic E-state index is -0.487. The number of hydrogen-bond acceptors (Lipinski definition) is 4. The second-order valence-corrected chi connectivity index (χ2v) is 10.6. The molecular weight excluding hydrogens is 650 g/mol. The first-order valence-electron chi connectivity index (χ1n) is 11.0. The minimum absolute atomic E-state index is 0.235. The maximum atomic E-state index is 12.5. The molecule has 0 fully saturated rings. The lowest BCUT2D eigenvalue weighted by Crippen LogP contribution is -2.05. The fraction of sp³-hybridized carbons (Fsp3) is 0.0345. The maximum Gasteiger partial charge on any atom is 0.363 e. The molecular formula is C29H18Br3NO3. The summed E-state index contributed by atoms with van der Waals surface area (Å²) in [5.41, 5.74) is 5.00. The van der Waals surface area contributed by atoms with Crippen LogP contribution in [0.15, 0.2) is 115 Å². The summed E-state index contributed by atoms with van der Waals surface area (Å²) in [6.07, 6.45) is 1.70. The van der Waals surface area contributed by atoms with E-state index in [0.717, 1.165) is 41.2 Å². The fourth-order valence-electron chi connectivity index (χ4n) is 3.71. The Bertz CT molecular complexity index is 1470. The Morgan fingerprint density at radius 3 is 2.14 bits per heavy atom. The van der Waals surface area contributed by atoms with Crippen LogP contribution in [-0.4, -0.2) is 11.9 Å². The normalized spacial score (nSPS) is 14.0. The van der Waals surface area contributed by atoms with Gasteiger partial charge in [-0.15, -0.1) is 0 Å². The number of benzene rings is 4. The number of aliphatic imine (C=N–C) groups is 1. The highest BCUT2D eigenvalue weighted by atomic mass is 79.9. The number of carbonyl (C=O) groups is 1. The minimum Gasteiger partial charge on any atom is -0.487 e. The van der Waals surface area contributed by atoms with E-state index in [1.807, 2.05) is 78.9 Å². The summed E-state index contributed by atoms with van der Waals surface area (Å²) in [5, 5.41) is 0. The largest absolute Gasteiger partial charge is 0.487 e. The molecule has 0 aromatic heterocycles. The van der Waals surface area contributed by atoms with Crippen LogP contribution < -0.4 is 4.74 Å². The molecule has 36 heavy (non-hydrogen) atoms. The SMILES string of the molecule is O=C1OC(c2ccc(-c3ccccc3)cc2)=N/C1=C\c1cc(Br)c(OCc2cccc(Br)c2)c(Br)c1. The van der Waals surface area contributed by atoms with E-state index < -0.39 is 5.97 Å². The molecule has 0 aliphatic carbocycles. The summed E-state index contributed by atoms with van der Waals surface area (Å²) in [4.78, 5) is 17.0. The molecule has 7 heteroatoms. The Hall–Kier alpha value is -3.00. The number of halogens is 3. The van der Waals surface area contributed by atoms with Gasteiger partial charge in [-0.3, -0.25) is 0 Å². The first-order chi connectivity index (χ1) is 17.5.